The van der Waals surface area contributed by atoms with Crippen molar-refractivity contribution in [1.29, 1.82) is 0 Å². The van der Waals surface area contributed by atoms with Crippen molar-refractivity contribution in [3.63, 3.8) is 0 Å². The van der Waals surface area contributed by atoms with E-state index in [2.05, 4.69) is 21.6 Å². The Labute approximate surface area is 224 Å². The summed E-state index contributed by atoms with van der Waals surface area (Å²) >= 11 is 2.81. The van der Waals surface area contributed by atoms with Crippen LogP contribution in [0.15, 0.2) is 59.8 Å². The standard InChI is InChI=1S/C28H28N4O3S2/c1-3-35-27(34)24-21-14-7-8-15-22(21)37-26(24)29-23(33)17-36-28-31-30-25(19-11-9-10-18(2)16-19)32(28)20-12-5-4-6-13-20/h4-6,9-13,16H,3,7-8,14-15,17H2,1-2H3,(H,29,33). The highest BCUT2D eigenvalue weighted by Crippen LogP contribution is 2.39. The molecule has 37 heavy (non-hydrogen) atoms. The molecule has 0 saturated carbocycles. The highest BCUT2D eigenvalue weighted by Gasteiger charge is 2.27. The molecule has 0 aliphatic heterocycles. The first kappa shape index (κ1) is 25.2. The van der Waals surface area contributed by atoms with E-state index >= 15 is 0 Å². The van der Waals surface area contributed by atoms with E-state index in [9.17, 15) is 9.59 Å². The number of hydrogen-bond donors (Lipinski definition) is 1. The van der Waals surface area contributed by atoms with Crippen molar-refractivity contribution in [3.8, 4) is 17.1 Å². The molecule has 0 fully saturated rings. The summed E-state index contributed by atoms with van der Waals surface area (Å²) in [4.78, 5) is 27.0. The van der Waals surface area contributed by atoms with Crippen molar-refractivity contribution in [2.75, 3.05) is 17.7 Å². The number of ether oxygens (including phenoxy) is 1. The summed E-state index contributed by atoms with van der Waals surface area (Å²) in [6.07, 6.45) is 3.90. The Balaban J connectivity index is 1.39. The molecule has 1 N–H and O–H groups in total. The molecular weight excluding hydrogens is 504 g/mol. The number of carbonyl (C=O) groups excluding carboxylic acids is 2. The number of aryl methyl sites for hydroxylation is 2. The highest BCUT2D eigenvalue weighted by atomic mass is 32.2. The minimum atomic E-state index is -0.364. The summed E-state index contributed by atoms with van der Waals surface area (Å²) in [5, 5.41) is 13.1. The fourth-order valence-electron chi connectivity index (χ4n) is 4.51. The lowest BCUT2D eigenvalue weighted by molar-refractivity contribution is -0.113. The predicted octanol–water partition coefficient (Wildman–Crippen LogP) is 6.09. The van der Waals surface area contributed by atoms with Crippen LogP contribution in [-0.2, 0) is 22.4 Å². The maximum atomic E-state index is 13.1. The topological polar surface area (TPSA) is 86.1 Å². The van der Waals surface area contributed by atoms with Crippen LogP contribution in [0.2, 0.25) is 0 Å². The third kappa shape index (κ3) is 5.47. The Hall–Kier alpha value is -3.43. The quantitative estimate of drug-likeness (QED) is 0.218. The van der Waals surface area contributed by atoms with E-state index in [1.54, 1.807) is 6.92 Å². The van der Waals surface area contributed by atoms with E-state index < -0.39 is 0 Å². The Bertz CT molecular complexity index is 1430. The average Bonchev–Trinajstić information content (AvgIpc) is 3.49. The number of amides is 1. The van der Waals surface area contributed by atoms with E-state index in [0.717, 1.165) is 48.1 Å². The van der Waals surface area contributed by atoms with Gasteiger partial charge in [-0.3, -0.25) is 9.36 Å². The lowest BCUT2D eigenvalue weighted by atomic mass is 9.95. The summed E-state index contributed by atoms with van der Waals surface area (Å²) in [6.45, 7) is 4.13. The van der Waals surface area contributed by atoms with Crippen molar-refractivity contribution in [2.45, 2.75) is 44.7 Å². The van der Waals surface area contributed by atoms with Gasteiger partial charge in [-0.25, -0.2) is 4.79 Å². The predicted molar refractivity (Wildman–Crippen MR) is 148 cm³/mol. The molecule has 1 aliphatic carbocycles. The van der Waals surface area contributed by atoms with E-state index in [-0.39, 0.29) is 17.6 Å². The molecule has 2 aromatic carbocycles. The normalized spacial score (nSPS) is 12.7. The Morgan fingerprint density at radius 2 is 1.89 bits per heavy atom. The lowest BCUT2D eigenvalue weighted by Crippen LogP contribution is -2.17. The molecule has 5 rings (SSSR count). The van der Waals surface area contributed by atoms with Crippen LogP contribution in [0.1, 0.15) is 46.1 Å². The average molecular weight is 533 g/mol. The van der Waals surface area contributed by atoms with Crippen LogP contribution in [0.4, 0.5) is 5.00 Å². The highest BCUT2D eigenvalue weighted by molar-refractivity contribution is 7.99. The van der Waals surface area contributed by atoms with Crippen LogP contribution in [0.25, 0.3) is 17.1 Å². The van der Waals surface area contributed by atoms with Gasteiger partial charge in [-0.05, 0) is 63.3 Å². The molecule has 1 aliphatic rings. The van der Waals surface area contributed by atoms with Crippen molar-refractivity contribution in [1.82, 2.24) is 14.8 Å². The van der Waals surface area contributed by atoms with Crippen LogP contribution in [0.5, 0.6) is 0 Å². The first-order valence-electron chi connectivity index (χ1n) is 12.4. The number of nitrogens with zero attached hydrogens (tertiary/aromatic N) is 3. The molecule has 2 aromatic heterocycles. The summed E-state index contributed by atoms with van der Waals surface area (Å²) < 4.78 is 7.28. The van der Waals surface area contributed by atoms with Crippen LogP contribution in [0, 0.1) is 6.92 Å². The zero-order valence-corrected chi connectivity index (χ0v) is 22.5. The second kappa shape index (κ2) is 11.3. The van der Waals surface area contributed by atoms with Crippen LogP contribution in [0.3, 0.4) is 0 Å². The van der Waals surface area contributed by atoms with Crippen LogP contribution >= 0.6 is 23.1 Å². The molecule has 7 nitrogen and oxygen atoms in total. The number of nitrogens with one attached hydrogen (secondary N) is 1. The molecule has 0 radical (unpaired) electrons. The monoisotopic (exact) mass is 532 g/mol. The van der Waals surface area contributed by atoms with Crippen molar-refractivity contribution >= 4 is 40.0 Å². The number of thiophene rings is 1. The number of carbonyl (C=O) groups is 2. The summed E-state index contributed by atoms with van der Waals surface area (Å²) in [5.74, 6) is 0.280. The minimum absolute atomic E-state index is 0.129. The van der Waals surface area contributed by atoms with Gasteiger partial charge in [0, 0.05) is 16.1 Å². The van der Waals surface area contributed by atoms with Crippen molar-refractivity contribution in [2.24, 2.45) is 0 Å². The van der Waals surface area contributed by atoms with Gasteiger partial charge in [-0.1, -0.05) is 53.7 Å². The fraction of sp³-hybridized carbons (Fsp3) is 0.286. The minimum Gasteiger partial charge on any atom is -0.462 e. The Morgan fingerprint density at radius 1 is 1.08 bits per heavy atom. The second-order valence-corrected chi connectivity index (χ2v) is 10.9. The molecular formula is C28H28N4O3S2. The zero-order valence-electron chi connectivity index (χ0n) is 20.8. The van der Waals surface area contributed by atoms with Gasteiger partial charge in [0.1, 0.15) is 5.00 Å². The molecule has 0 saturated heterocycles. The molecule has 4 aromatic rings. The summed E-state index contributed by atoms with van der Waals surface area (Å²) in [5.41, 5.74) is 4.56. The van der Waals surface area contributed by atoms with E-state index in [0.29, 0.717) is 28.2 Å². The summed E-state index contributed by atoms with van der Waals surface area (Å²) in [6, 6.07) is 18.0. The van der Waals surface area contributed by atoms with E-state index in [1.165, 1.54) is 28.0 Å². The fourth-order valence-corrected chi connectivity index (χ4v) is 6.56. The Morgan fingerprint density at radius 3 is 2.68 bits per heavy atom. The number of para-hydroxylation sites is 1. The summed E-state index contributed by atoms with van der Waals surface area (Å²) in [7, 11) is 0. The molecule has 1 amide bonds. The number of benzene rings is 2. The van der Waals surface area contributed by atoms with E-state index in [4.69, 9.17) is 4.74 Å². The number of fused-ring (bicyclic) bond motifs is 1. The van der Waals surface area contributed by atoms with Gasteiger partial charge in [-0.15, -0.1) is 21.5 Å². The third-order valence-electron chi connectivity index (χ3n) is 6.16. The first-order chi connectivity index (χ1) is 18.0. The van der Waals surface area contributed by atoms with Gasteiger partial charge in [0.2, 0.25) is 5.91 Å². The number of rotatable bonds is 8. The van der Waals surface area contributed by atoms with E-state index in [1.807, 2.05) is 60.0 Å². The maximum absolute atomic E-state index is 13.1. The second-order valence-electron chi connectivity index (χ2n) is 8.82. The number of anilines is 1. The Kier molecular flexibility index (Phi) is 7.71. The molecule has 0 bridgehead atoms. The molecule has 0 atom stereocenters. The number of aromatic nitrogens is 3. The maximum Gasteiger partial charge on any atom is 0.341 e. The van der Waals surface area contributed by atoms with Crippen LogP contribution in [-0.4, -0.2) is 39.0 Å². The van der Waals surface area contributed by atoms with Gasteiger partial charge in [0.25, 0.3) is 0 Å². The third-order valence-corrected chi connectivity index (χ3v) is 8.30. The molecule has 0 spiro atoms. The zero-order chi connectivity index (χ0) is 25.8. The van der Waals surface area contributed by atoms with Crippen molar-refractivity contribution < 1.29 is 14.3 Å². The number of hydrogen-bond acceptors (Lipinski definition) is 7. The number of esters is 1. The molecule has 0 unspecified atom stereocenters. The lowest BCUT2D eigenvalue weighted by Gasteiger charge is -2.12. The number of thioether (sulfide) groups is 1. The van der Waals surface area contributed by atoms with Gasteiger partial charge in [0.15, 0.2) is 11.0 Å². The molecule has 9 heteroatoms. The van der Waals surface area contributed by atoms with Crippen molar-refractivity contribution in [3.05, 3.63) is 76.2 Å². The van der Waals surface area contributed by atoms with Gasteiger partial charge in [-0.2, -0.15) is 0 Å². The van der Waals surface area contributed by atoms with Crippen LogP contribution < -0.4 is 5.32 Å². The molecule has 190 valence electrons. The SMILES string of the molecule is CCOC(=O)c1c(NC(=O)CSc2nnc(-c3cccc(C)c3)n2-c2ccccc2)sc2c1CCCC2. The van der Waals surface area contributed by atoms with Gasteiger partial charge in [0.05, 0.1) is 17.9 Å². The first-order valence-corrected chi connectivity index (χ1v) is 14.2. The van der Waals surface area contributed by atoms with Gasteiger partial charge < -0.3 is 10.1 Å². The largest absolute Gasteiger partial charge is 0.462 e. The van der Waals surface area contributed by atoms with Gasteiger partial charge >= 0.3 is 5.97 Å². The smallest absolute Gasteiger partial charge is 0.341 e. The molecule has 2 heterocycles.